The van der Waals surface area contributed by atoms with Gasteiger partial charge in [0.25, 0.3) is 0 Å². The molecule has 7 heteroatoms. The Morgan fingerprint density at radius 2 is 1.74 bits per heavy atom. The van der Waals surface area contributed by atoms with E-state index in [0.717, 1.165) is 17.7 Å². The minimum absolute atomic E-state index is 0.0618. The van der Waals surface area contributed by atoms with Crippen LogP contribution in [0.5, 0.6) is 11.5 Å². The summed E-state index contributed by atoms with van der Waals surface area (Å²) in [6.45, 7) is 0.381. The fourth-order valence-corrected chi connectivity index (χ4v) is 2.77. The molecule has 1 amide bonds. The fraction of sp³-hybridized carbons (Fsp3) is 0.125. The van der Waals surface area contributed by atoms with Crippen molar-refractivity contribution >= 4 is 17.7 Å². The average molecular weight is 427 g/mol. The van der Waals surface area contributed by atoms with Gasteiger partial charge in [0.1, 0.15) is 6.61 Å². The first-order valence-corrected chi connectivity index (χ1v) is 9.36. The van der Waals surface area contributed by atoms with Gasteiger partial charge in [-0.3, -0.25) is 4.79 Å². The number of hydrogen-bond acceptors (Lipinski definition) is 3. The Morgan fingerprint density at radius 3 is 2.45 bits per heavy atom. The van der Waals surface area contributed by atoms with Gasteiger partial charge < -0.3 is 14.8 Å². The first-order valence-electron chi connectivity index (χ1n) is 9.36. The number of methoxy groups -OCH3 is 1. The molecule has 0 fully saturated rings. The molecule has 0 aromatic heterocycles. The number of nitrogens with one attached hydrogen (secondary N) is 1. The number of amides is 1. The third kappa shape index (κ3) is 6.37. The number of halogens is 3. The second-order valence-corrected chi connectivity index (χ2v) is 6.59. The molecule has 0 radical (unpaired) electrons. The van der Waals surface area contributed by atoms with Crippen LogP contribution in [0.15, 0.2) is 78.9 Å². The van der Waals surface area contributed by atoms with Gasteiger partial charge in [0.05, 0.1) is 12.7 Å². The molecule has 0 aliphatic heterocycles. The highest BCUT2D eigenvalue weighted by atomic mass is 19.4. The smallest absolute Gasteiger partial charge is 0.416 e. The Labute approximate surface area is 177 Å². The van der Waals surface area contributed by atoms with E-state index in [1.807, 2.05) is 30.3 Å². The number of carbonyl (C=O) groups excluding carboxylic acids is 1. The molecule has 0 saturated heterocycles. The summed E-state index contributed by atoms with van der Waals surface area (Å²) in [5.74, 6) is 0.496. The van der Waals surface area contributed by atoms with Crippen molar-refractivity contribution in [3.63, 3.8) is 0 Å². The number of hydrogen-bond donors (Lipinski definition) is 1. The summed E-state index contributed by atoms with van der Waals surface area (Å²) in [5, 5.41) is 2.42. The van der Waals surface area contributed by atoms with E-state index in [0.29, 0.717) is 23.7 Å². The van der Waals surface area contributed by atoms with E-state index in [1.165, 1.54) is 31.4 Å². The molecule has 0 spiro atoms. The van der Waals surface area contributed by atoms with E-state index >= 15 is 0 Å². The minimum Gasteiger partial charge on any atom is -0.493 e. The molecule has 0 heterocycles. The summed E-state index contributed by atoms with van der Waals surface area (Å²) in [5.41, 5.74) is 0.916. The molecule has 0 bridgehead atoms. The van der Waals surface area contributed by atoms with Gasteiger partial charge in [-0.25, -0.2) is 0 Å². The zero-order valence-electron chi connectivity index (χ0n) is 16.6. The summed E-state index contributed by atoms with van der Waals surface area (Å²) < 4.78 is 49.5. The van der Waals surface area contributed by atoms with Crippen LogP contribution >= 0.6 is 0 Å². The predicted molar refractivity (Wildman–Crippen MR) is 113 cm³/mol. The number of alkyl halides is 3. The normalized spacial score (nSPS) is 11.4. The topological polar surface area (TPSA) is 47.6 Å². The summed E-state index contributed by atoms with van der Waals surface area (Å²) in [6.07, 6.45) is -1.70. The number of ether oxygens (including phenoxy) is 2. The molecule has 160 valence electrons. The number of carbonyl (C=O) groups is 1. The SMILES string of the molecule is COc1cc(/C=C/C(=O)Nc2cccc(C(F)(F)F)c2)ccc1OCc1ccccc1. The molecule has 3 aromatic carbocycles. The second-order valence-electron chi connectivity index (χ2n) is 6.59. The molecule has 0 unspecified atom stereocenters. The standard InChI is InChI=1S/C24H20F3NO3/c1-30-22-14-17(10-12-21(22)31-16-18-6-3-2-4-7-18)11-13-23(29)28-20-9-5-8-19(15-20)24(25,26)27/h2-15H,16H2,1H3,(H,28,29)/b13-11+. The summed E-state index contributed by atoms with van der Waals surface area (Å²) in [7, 11) is 1.51. The van der Waals surface area contributed by atoms with Gasteiger partial charge in [-0.05, 0) is 47.5 Å². The maximum atomic E-state index is 12.8. The van der Waals surface area contributed by atoms with Crippen LogP contribution in [0.1, 0.15) is 16.7 Å². The minimum atomic E-state index is -4.47. The molecular formula is C24H20F3NO3. The van der Waals surface area contributed by atoms with Gasteiger partial charge in [0.2, 0.25) is 5.91 Å². The lowest BCUT2D eigenvalue weighted by Crippen LogP contribution is -2.10. The monoisotopic (exact) mass is 427 g/mol. The molecule has 4 nitrogen and oxygen atoms in total. The highest BCUT2D eigenvalue weighted by molar-refractivity contribution is 6.02. The Kier molecular flexibility index (Phi) is 6.97. The molecule has 0 aliphatic carbocycles. The van der Waals surface area contributed by atoms with E-state index in [1.54, 1.807) is 18.2 Å². The highest BCUT2D eigenvalue weighted by Crippen LogP contribution is 2.31. The van der Waals surface area contributed by atoms with Gasteiger partial charge in [0, 0.05) is 11.8 Å². The van der Waals surface area contributed by atoms with Gasteiger partial charge in [-0.1, -0.05) is 42.5 Å². The van der Waals surface area contributed by atoms with Gasteiger partial charge in [-0.15, -0.1) is 0 Å². The lowest BCUT2D eigenvalue weighted by atomic mass is 10.1. The Hall–Kier alpha value is -3.74. The Morgan fingerprint density at radius 1 is 0.968 bits per heavy atom. The fourth-order valence-electron chi connectivity index (χ4n) is 2.77. The quantitative estimate of drug-likeness (QED) is 0.475. The first kappa shape index (κ1) is 22.0. The van der Waals surface area contributed by atoms with Gasteiger partial charge in [-0.2, -0.15) is 13.2 Å². The zero-order valence-corrected chi connectivity index (χ0v) is 16.6. The van der Waals surface area contributed by atoms with Crippen LogP contribution in [-0.4, -0.2) is 13.0 Å². The van der Waals surface area contributed by atoms with Crippen molar-refractivity contribution in [2.45, 2.75) is 12.8 Å². The number of anilines is 1. The molecule has 0 aliphatic rings. The van der Waals surface area contributed by atoms with E-state index < -0.39 is 17.6 Å². The van der Waals surface area contributed by atoms with Crippen molar-refractivity contribution in [1.29, 1.82) is 0 Å². The van der Waals surface area contributed by atoms with Gasteiger partial charge >= 0.3 is 6.18 Å². The lowest BCUT2D eigenvalue weighted by molar-refractivity contribution is -0.137. The summed E-state index contributed by atoms with van der Waals surface area (Å²) in [4.78, 5) is 12.1. The average Bonchev–Trinajstić information content (AvgIpc) is 2.77. The first-order chi connectivity index (χ1) is 14.8. The number of benzene rings is 3. The van der Waals surface area contributed by atoms with E-state index in [-0.39, 0.29) is 5.69 Å². The maximum Gasteiger partial charge on any atom is 0.416 e. The van der Waals surface area contributed by atoms with Crippen LogP contribution in [0.2, 0.25) is 0 Å². The van der Waals surface area contributed by atoms with Crippen LogP contribution in [0.3, 0.4) is 0 Å². The van der Waals surface area contributed by atoms with Crippen molar-refractivity contribution in [2.75, 3.05) is 12.4 Å². The van der Waals surface area contributed by atoms with E-state index in [4.69, 9.17) is 9.47 Å². The van der Waals surface area contributed by atoms with Crippen LogP contribution in [0, 0.1) is 0 Å². The molecule has 1 N–H and O–H groups in total. The van der Waals surface area contributed by atoms with Crippen LogP contribution in [-0.2, 0) is 17.6 Å². The molecule has 3 aromatic rings. The molecule has 0 saturated carbocycles. The largest absolute Gasteiger partial charge is 0.493 e. The highest BCUT2D eigenvalue weighted by Gasteiger charge is 2.30. The lowest BCUT2D eigenvalue weighted by Gasteiger charge is -2.11. The number of rotatable bonds is 7. The summed E-state index contributed by atoms with van der Waals surface area (Å²) >= 11 is 0. The third-order valence-corrected chi connectivity index (χ3v) is 4.31. The maximum absolute atomic E-state index is 12.8. The van der Waals surface area contributed by atoms with Crippen LogP contribution < -0.4 is 14.8 Å². The van der Waals surface area contributed by atoms with Crippen molar-refractivity contribution in [3.05, 3.63) is 95.6 Å². The second kappa shape index (κ2) is 9.84. The van der Waals surface area contributed by atoms with Crippen molar-refractivity contribution in [1.82, 2.24) is 0 Å². The Bertz CT molecular complexity index is 1060. The zero-order chi connectivity index (χ0) is 22.3. The van der Waals surface area contributed by atoms with E-state index in [2.05, 4.69) is 5.32 Å². The van der Waals surface area contributed by atoms with Crippen molar-refractivity contribution in [3.8, 4) is 11.5 Å². The predicted octanol–water partition coefficient (Wildman–Crippen LogP) is 5.94. The molecular weight excluding hydrogens is 407 g/mol. The van der Waals surface area contributed by atoms with Gasteiger partial charge in [0.15, 0.2) is 11.5 Å². The third-order valence-electron chi connectivity index (χ3n) is 4.31. The van der Waals surface area contributed by atoms with Crippen LogP contribution in [0.25, 0.3) is 6.08 Å². The van der Waals surface area contributed by atoms with Crippen molar-refractivity contribution in [2.24, 2.45) is 0 Å². The Balaban J connectivity index is 1.64. The summed E-state index contributed by atoms with van der Waals surface area (Å²) in [6, 6.07) is 19.3. The molecule has 0 atom stereocenters. The van der Waals surface area contributed by atoms with Crippen molar-refractivity contribution < 1.29 is 27.4 Å². The molecule has 31 heavy (non-hydrogen) atoms. The van der Waals surface area contributed by atoms with E-state index in [9.17, 15) is 18.0 Å². The van der Waals surface area contributed by atoms with Crippen LogP contribution in [0.4, 0.5) is 18.9 Å². The molecule has 3 rings (SSSR count).